The maximum Gasteiger partial charge on any atom is 0.259 e. The molecule has 0 radical (unpaired) electrons. The van der Waals surface area contributed by atoms with Gasteiger partial charge in [-0.25, -0.2) is 5.43 Å². The van der Waals surface area contributed by atoms with E-state index < -0.39 is 5.91 Å². The van der Waals surface area contributed by atoms with Gasteiger partial charge in [-0.05, 0) is 65.2 Å². The van der Waals surface area contributed by atoms with Crippen LogP contribution in [0, 0.1) is 0 Å². The zero-order valence-electron chi connectivity index (χ0n) is 20.2. The number of hydrazone groups is 1. The van der Waals surface area contributed by atoms with Gasteiger partial charge in [-0.2, -0.15) is 5.10 Å². The second kappa shape index (κ2) is 12.6. The van der Waals surface area contributed by atoms with Crippen LogP contribution in [0.1, 0.15) is 28.4 Å². The zero-order valence-corrected chi connectivity index (χ0v) is 21.0. The van der Waals surface area contributed by atoms with E-state index in [0.717, 1.165) is 16.3 Å². The van der Waals surface area contributed by atoms with Crippen molar-refractivity contribution in [3.63, 3.8) is 0 Å². The topological polar surface area (TPSA) is 89.0 Å². The lowest BCUT2D eigenvalue weighted by atomic mass is 10.0. The summed E-state index contributed by atoms with van der Waals surface area (Å²) >= 11 is 5.93. The van der Waals surface area contributed by atoms with Crippen LogP contribution in [0.3, 0.4) is 0 Å². The lowest BCUT2D eigenvalue weighted by Crippen LogP contribution is -2.35. The summed E-state index contributed by atoms with van der Waals surface area (Å²) < 4.78 is 11.6. The van der Waals surface area contributed by atoms with Gasteiger partial charge in [0, 0.05) is 10.6 Å². The number of nitrogens with one attached hydrogen (secondary N) is 2. The quantitative estimate of drug-likeness (QED) is 0.220. The predicted molar refractivity (Wildman–Crippen MR) is 145 cm³/mol. The molecule has 8 heteroatoms. The van der Waals surface area contributed by atoms with E-state index in [1.165, 1.54) is 6.21 Å². The van der Waals surface area contributed by atoms with Crippen LogP contribution in [0.5, 0.6) is 11.5 Å². The maximum atomic E-state index is 12.6. The van der Waals surface area contributed by atoms with Gasteiger partial charge >= 0.3 is 0 Å². The van der Waals surface area contributed by atoms with Crippen molar-refractivity contribution in [1.29, 1.82) is 0 Å². The first kappa shape index (κ1) is 25.7. The van der Waals surface area contributed by atoms with Crippen molar-refractivity contribution in [3.8, 4) is 11.5 Å². The third kappa shape index (κ3) is 7.08. The number of rotatable bonds is 10. The molecule has 0 unspecified atom stereocenters. The fourth-order valence-corrected chi connectivity index (χ4v) is 3.76. The normalized spacial score (nSPS) is 10.9. The van der Waals surface area contributed by atoms with Crippen LogP contribution in [0.15, 0.2) is 90.0 Å². The largest absolute Gasteiger partial charge is 0.490 e. The van der Waals surface area contributed by atoms with Gasteiger partial charge in [0.1, 0.15) is 6.61 Å². The number of hydrogen-bond donors (Lipinski definition) is 2. The second-order valence-corrected chi connectivity index (χ2v) is 8.49. The van der Waals surface area contributed by atoms with Crippen molar-refractivity contribution in [2.45, 2.75) is 13.5 Å². The Morgan fingerprint density at radius 3 is 2.51 bits per heavy atom. The molecule has 0 aromatic heterocycles. The first-order valence-electron chi connectivity index (χ1n) is 11.8. The SMILES string of the molecule is CCOc1cc(/C=N/NC(=O)CNC(=O)c2cccc3ccccc23)ccc1OCc1ccc(Cl)cc1. The third-order valence-corrected chi connectivity index (χ3v) is 5.67. The molecule has 188 valence electrons. The van der Waals surface area contributed by atoms with Gasteiger partial charge in [-0.3, -0.25) is 9.59 Å². The predicted octanol–water partition coefficient (Wildman–Crippen LogP) is 5.35. The molecule has 0 aliphatic heterocycles. The molecule has 4 rings (SSSR count). The molecule has 4 aromatic rings. The number of fused-ring (bicyclic) bond motifs is 1. The fourth-order valence-electron chi connectivity index (χ4n) is 3.63. The Morgan fingerprint density at radius 2 is 1.70 bits per heavy atom. The van der Waals surface area contributed by atoms with Gasteiger partial charge in [0.2, 0.25) is 0 Å². The highest BCUT2D eigenvalue weighted by Crippen LogP contribution is 2.29. The van der Waals surface area contributed by atoms with Crippen LogP contribution in [-0.2, 0) is 11.4 Å². The molecule has 2 amide bonds. The van der Waals surface area contributed by atoms with Gasteiger partial charge in [0.15, 0.2) is 11.5 Å². The van der Waals surface area contributed by atoms with E-state index >= 15 is 0 Å². The van der Waals surface area contributed by atoms with Gasteiger partial charge in [-0.1, -0.05) is 60.1 Å². The van der Waals surface area contributed by atoms with Gasteiger partial charge in [-0.15, -0.1) is 0 Å². The molecule has 4 aromatic carbocycles. The van der Waals surface area contributed by atoms with Crippen LogP contribution >= 0.6 is 11.6 Å². The lowest BCUT2D eigenvalue weighted by Gasteiger charge is -2.12. The second-order valence-electron chi connectivity index (χ2n) is 8.06. The molecular formula is C29H26ClN3O4. The molecule has 37 heavy (non-hydrogen) atoms. The average molecular weight is 516 g/mol. The number of amides is 2. The zero-order chi connectivity index (χ0) is 26.0. The van der Waals surface area contributed by atoms with E-state index in [0.29, 0.717) is 40.9 Å². The number of ether oxygens (including phenoxy) is 2. The Labute approximate surface area is 220 Å². The molecule has 0 saturated heterocycles. The number of hydrogen-bond acceptors (Lipinski definition) is 5. The number of carbonyl (C=O) groups excluding carboxylic acids is 2. The molecule has 0 saturated carbocycles. The van der Waals surface area contributed by atoms with Crippen LogP contribution in [-0.4, -0.2) is 31.2 Å². The third-order valence-electron chi connectivity index (χ3n) is 5.42. The molecule has 0 bridgehead atoms. The van der Waals surface area contributed by atoms with Crippen molar-refractivity contribution in [3.05, 3.63) is 107 Å². The maximum absolute atomic E-state index is 12.6. The number of benzene rings is 4. The van der Waals surface area contributed by atoms with Gasteiger partial charge in [0.05, 0.1) is 19.4 Å². The molecule has 0 heterocycles. The Kier molecular flexibility index (Phi) is 8.73. The average Bonchev–Trinajstić information content (AvgIpc) is 2.92. The van der Waals surface area contributed by atoms with Crippen molar-refractivity contribution in [2.75, 3.05) is 13.2 Å². The molecule has 0 spiro atoms. The standard InChI is InChI=1S/C29H26ClN3O4/c1-2-36-27-16-21(12-15-26(27)37-19-20-10-13-23(30)14-11-20)17-32-33-28(34)18-31-29(35)25-9-5-7-22-6-3-4-8-24(22)25/h3-17H,2,18-19H2,1H3,(H,31,35)(H,33,34)/b32-17+. The van der Waals surface area contributed by atoms with Crippen LogP contribution in [0.4, 0.5) is 0 Å². The Morgan fingerprint density at radius 1 is 0.919 bits per heavy atom. The molecule has 2 N–H and O–H groups in total. The Hall–Kier alpha value is -4.36. The van der Waals surface area contributed by atoms with Crippen LogP contribution in [0.2, 0.25) is 5.02 Å². The minimum Gasteiger partial charge on any atom is -0.490 e. The highest BCUT2D eigenvalue weighted by Gasteiger charge is 2.11. The highest BCUT2D eigenvalue weighted by molar-refractivity contribution is 6.30. The van der Waals surface area contributed by atoms with Crippen molar-refractivity contribution in [2.24, 2.45) is 5.10 Å². The summed E-state index contributed by atoms with van der Waals surface area (Å²) in [6, 6.07) is 25.9. The molecule has 0 fully saturated rings. The van der Waals surface area contributed by atoms with Crippen molar-refractivity contribution in [1.82, 2.24) is 10.7 Å². The number of nitrogens with zero attached hydrogens (tertiary/aromatic N) is 1. The molecule has 0 aliphatic carbocycles. The first-order chi connectivity index (χ1) is 18.0. The molecule has 0 aliphatic rings. The summed E-state index contributed by atoms with van der Waals surface area (Å²) in [5.74, 6) is 0.382. The Bertz CT molecular complexity index is 1420. The lowest BCUT2D eigenvalue weighted by molar-refractivity contribution is -0.120. The summed E-state index contributed by atoms with van der Waals surface area (Å²) in [7, 11) is 0. The number of carbonyl (C=O) groups is 2. The smallest absolute Gasteiger partial charge is 0.259 e. The summed E-state index contributed by atoms with van der Waals surface area (Å²) in [5.41, 5.74) is 4.63. The van der Waals surface area contributed by atoms with E-state index in [-0.39, 0.29) is 12.5 Å². The number of halogens is 1. The summed E-state index contributed by atoms with van der Waals surface area (Å²) in [6.07, 6.45) is 1.50. The highest BCUT2D eigenvalue weighted by atomic mass is 35.5. The fraction of sp³-hybridized carbons (Fsp3) is 0.138. The minimum absolute atomic E-state index is 0.207. The van der Waals surface area contributed by atoms with E-state index in [1.54, 1.807) is 24.3 Å². The van der Waals surface area contributed by atoms with E-state index in [9.17, 15) is 9.59 Å². The first-order valence-corrected chi connectivity index (χ1v) is 12.1. The summed E-state index contributed by atoms with van der Waals surface area (Å²) in [4.78, 5) is 24.8. The van der Waals surface area contributed by atoms with Crippen LogP contribution < -0.4 is 20.2 Å². The van der Waals surface area contributed by atoms with E-state index in [1.807, 2.05) is 67.6 Å². The molecule has 7 nitrogen and oxygen atoms in total. The molecule has 0 atom stereocenters. The molecular weight excluding hydrogens is 490 g/mol. The van der Waals surface area contributed by atoms with Crippen LogP contribution in [0.25, 0.3) is 10.8 Å². The Balaban J connectivity index is 1.31. The van der Waals surface area contributed by atoms with E-state index in [4.69, 9.17) is 21.1 Å². The van der Waals surface area contributed by atoms with Gasteiger partial charge in [0.25, 0.3) is 11.8 Å². The van der Waals surface area contributed by atoms with Crippen molar-refractivity contribution < 1.29 is 19.1 Å². The van der Waals surface area contributed by atoms with Gasteiger partial charge < -0.3 is 14.8 Å². The minimum atomic E-state index is -0.446. The van der Waals surface area contributed by atoms with E-state index in [2.05, 4.69) is 15.8 Å². The van der Waals surface area contributed by atoms with Crippen molar-refractivity contribution >= 4 is 40.4 Å². The monoisotopic (exact) mass is 515 g/mol. The summed E-state index contributed by atoms with van der Waals surface area (Å²) in [6.45, 7) is 2.51. The summed E-state index contributed by atoms with van der Waals surface area (Å²) in [5, 5.41) is 9.07.